The average molecular weight is 224 g/mol. The lowest BCUT2D eigenvalue weighted by molar-refractivity contribution is -0.805. The van der Waals surface area contributed by atoms with Crippen LogP contribution in [0.25, 0.3) is 10.8 Å². The minimum atomic E-state index is -3.93. The van der Waals surface area contributed by atoms with E-state index in [1.54, 1.807) is 24.3 Å². The fourth-order valence-electron chi connectivity index (χ4n) is 1.42. The van der Waals surface area contributed by atoms with E-state index in [0.29, 0.717) is 9.95 Å². The van der Waals surface area contributed by atoms with Gasteiger partial charge in [-0.1, -0.05) is 18.2 Å². The molecule has 0 atom stereocenters. The second-order valence-electron chi connectivity index (χ2n) is 3.33. The van der Waals surface area contributed by atoms with Crippen LogP contribution in [-0.2, 0) is 10.8 Å². The van der Waals surface area contributed by atoms with Gasteiger partial charge in [0, 0.05) is 11.5 Å². The second kappa shape index (κ2) is 3.52. The van der Waals surface area contributed by atoms with Gasteiger partial charge in [0.1, 0.15) is 0 Å². The third-order valence-electron chi connectivity index (χ3n) is 2.27. The Bertz CT molecular complexity index is 554. The Morgan fingerprint density at radius 2 is 1.81 bits per heavy atom. The Kier molecular flexibility index (Phi) is 2.30. The van der Waals surface area contributed by atoms with Gasteiger partial charge < -0.3 is 5.11 Å². The maximum atomic E-state index is 13.2. The zero-order valence-corrected chi connectivity index (χ0v) is 8.10. The molecule has 0 spiro atoms. The molecule has 16 heavy (non-hydrogen) atoms. The smallest absolute Gasteiger partial charge is 0.471 e. The molecule has 0 radical (unpaired) electrons. The van der Waals surface area contributed by atoms with Crippen LogP contribution in [0, 0.1) is 0 Å². The van der Waals surface area contributed by atoms with E-state index in [-0.39, 0.29) is 0 Å². The van der Waals surface area contributed by atoms with Crippen molar-refractivity contribution in [3.8, 4) is 0 Å². The van der Waals surface area contributed by atoms with Gasteiger partial charge in [0.05, 0.1) is 0 Å². The maximum Gasteiger partial charge on any atom is 0.564 e. The third kappa shape index (κ3) is 1.60. The molecule has 1 aromatic carbocycles. The third-order valence-corrected chi connectivity index (χ3v) is 2.27. The molecule has 0 unspecified atom stereocenters. The van der Waals surface area contributed by atoms with Crippen LogP contribution >= 0.6 is 0 Å². The van der Waals surface area contributed by atoms with Crippen LogP contribution in [0.5, 0.6) is 0 Å². The van der Waals surface area contributed by atoms with E-state index in [1.807, 2.05) is 0 Å². The van der Waals surface area contributed by atoms with E-state index >= 15 is 0 Å². The van der Waals surface area contributed by atoms with E-state index in [2.05, 4.69) is 0 Å². The van der Waals surface area contributed by atoms with Crippen molar-refractivity contribution in [1.29, 1.82) is 0 Å². The number of carbonyl (C=O) groups is 1. The van der Waals surface area contributed by atoms with E-state index in [1.165, 1.54) is 6.07 Å². The number of benzene rings is 1. The molecule has 1 N–H and O–H groups in total. The Morgan fingerprint density at radius 3 is 2.44 bits per heavy atom. The first-order valence-electron chi connectivity index (χ1n) is 4.53. The number of pyridine rings is 1. The SMILES string of the molecule is O=C(O)C(F)(F)[n+]1ccc2ccccc2c1. The molecule has 0 saturated heterocycles. The number of carboxylic acid groups (broad SMARTS) is 1. The molecule has 3 nitrogen and oxygen atoms in total. The summed E-state index contributed by atoms with van der Waals surface area (Å²) in [7, 11) is 0. The Hall–Kier alpha value is -2.04. The maximum absolute atomic E-state index is 13.2. The zero-order chi connectivity index (χ0) is 11.8. The Labute approximate surface area is 89.6 Å². The van der Waals surface area contributed by atoms with Crippen LogP contribution in [0.4, 0.5) is 8.78 Å². The lowest BCUT2D eigenvalue weighted by Gasteiger charge is -2.05. The lowest BCUT2D eigenvalue weighted by atomic mass is 10.2. The molecule has 0 amide bonds. The van der Waals surface area contributed by atoms with Crippen molar-refractivity contribution in [1.82, 2.24) is 0 Å². The van der Waals surface area contributed by atoms with Crippen LogP contribution in [0.3, 0.4) is 0 Å². The molecule has 82 valence electrons. The molecular formula is C11H8F2NO2+. The van der Waals surface area contributed by atoms with Crippen molar-refractivity contribution in [3.63, 3.8) is 0 Å². The van der Waals surface area contributed by atoms with Crippen molar-refractivity contribution in [2.75, 3.05) is 0 Å². The number of fused-ring (bicyclic) bond motifs is 1. The number of alkyl halides is 2. The summed E-state index contributed by atoms with van der Waals surface area (Å²) in [5, 5.41) is 9.73. The van der Waals surface area contributed by atoms with Crippen molar-refractivity contribution in [2.24, 2.45) is 0 Å². The summed E-state index contributed by atoms with van der Waals surface area (Å²) in [6.07, 6.45) is 2.17. The highest BCUT2D eigenvalue weighted by molar-refractivity contribution is 5.80. The van der Waals surface area contributed by atoms with Crippen molar-refractivity contribution in [2.45, 2.75) is 6.05 Å². The summed E-state index contributed by atoms with van der Waals surface area (Å²) >= 11 is 0. The van der Waals surface area contributed by atoms with Crippen LogP contribution < -0.4 is 4.57 Å². The zero-order valence-electron chi connectivity index (χ0n) is 8.10. The van der Waals surface area contributed by atoms with Crippen LogP contribution in [0.15, 0.2) is 42.7 Å². The fraction of sp³-hybridized carbons (Fsp3) is 0.0909. The van der Waals surface area contributed by atoms with E-state index in [4.69, 9.17) is 5.11 Å². The second-order valence-corrected chi connectivity index (χ2v) is 3.33. The molecule has 2 rings (SSSR count). The Morgan fingerprint density at radius 1 is 1.19 bits per heavy atom. The highest BCUT2D eigenvalue weighted by Crippen LogP contribution is 2.16. The summed E-state index contributed by atoms with van der Waals surface area (Å²) in [5.41, 5.74) is 0. The van der Waals surface area contributed by atoms with Gasteiger partial charge in [-0.3, -0.25) is 0 Å². The predicted octanol–water partition coefficient (Wildman–Crippen LogP) is 1.76. The molecule has 0 aliphatic rings. The summed E-state index contributed by atoms with van der Waals surface area (Å²) in [4.78, 5) is 10.4. The molecule has 0 bridgehead atoms. The molecule has 0 aliphatic carbocycles. The molecule has 0 fully saturated rings. The Balaban J connectivity index is 2.59. The summed E-state index contributed by atoms with van der Waals surface area (Å²) < 4.78 is 26.7. The van der Waals surface area contributed by atoms with E-state index < -0.39 is 12.0 Å². The largest absolute Gasteiger partial charge is 0.564 e. The fourth-order valence-corrected chi connectivity index (χ4v) is 1.42. The molecule has 1 heterocycles. The topological polar surface area (TPSA) is 41.2 Å². The van der Waals surface area contributed by atoms with Gasteiger partial charge in [-0.05, 0) is 11.5 Å². The standard InChI is InChI=1S/C11H7F2NO2/c12-11(13,10(15)16)14-6-5-8-3-1-2-4-9(8)7-14/h1-7H/p+1. The number of carboxylic acids is 1. The van der Waals surface area contributed by atoms with Gasteiger partial charge in [0.2, 0.25) is 0 Å². The quantitative estimate of drug-likeness (QED) is 0.790. The van der Waals surface area contributed by atoms with Crippen LogP contribution in [0.2, 0.25) is 0 Å². The number of nitrogens with zero attached hydrogens (tertiary/aromatic N) is 1. The first kappa shape index (κ1) is 10.5. The minimum absolute atomic E-state index is 0.387. The van der Waals surface area contributed by atoms with Crippen molar-refractivity contribution >= 4 is 16.7 Å². The summed E-state index contributed by atoms with van der Waals surface area (Å²) in [6.45, 7) is 0. The summed E-state index contributed by atoms with van der Waals surface area (Å²) in [5.74, 6) is -2.17. The molecule has 5 heteroatoms. The average Bonchev–Trinajstić information content (AvgIpc) is 2.28. The molecule has 0 aliphatic heterocycles. The van der Waals surface area contributed by atoms with E-state index in [9.17, 15) is 13.6 Å². The number of rotatable bonds is 2. The highest BCUT2D eigenvalue weighted by Gasteiger charge is 2.50. The van der Waals surface area contributed by atoms with Crippen molar-refractivity contribution in [3.05, 3.63) is 42.7 Å². The molecular weight excluding hydrogens is 216 g/mol. The van der Waals surface area contributed by atoms with Gasteiger partial charge in [-0.15, -0.1) is 13.3 Å². The lowest BCUT2D eigenvalue weighted by Crippen LogP contribution is -2.54. The van der Waals surface area contributed by atoms with Gasteiger partial charge >= 0.3 is 12.0 Å². The number of hydrogen-bond acceptors (Lipinski definition) is 1. The molecule has 0 saturated carbocycles. The monoisotopic (exact) mass is 224 g/mol. The highest BCUT2D eigenvalue weighted by atomic mass is 19.3. The normalized spacial score (nSPS) is 11.6. The summed E-state index contributed by atoms with van der Waals surface area (Å²) in [6, 6.07) is 4.41. The van der Waals surface area contributed by atoms with Crippen LogP contribution in [-0.4, -0.2) is 11.1 Å². The number of aromatic nitrogens is 1. The first-order valence-corrected chi connectivity index (χ1v) is 4.53. The first-order chi connectivity index (χ1) is 7.51. The van der Waals surface area contributed by atoms with E-state index in [0.717, 1.165) is 17.8 Å². The van der Waals surface area contributed by atoms with Gasteiger partial charge in [-0.25, -0.2) is 4.79 Å². The molecule has 2 aromatic rings. The van der Waals surface area contributed by atoms with Crippen molar-refractivity contribution < 1.29 is 23.2 Å². The van der Waals surface area contributed by atoms with Gasteiger partial charge in [0.15, 0.2) is 12.4 Å². The molecule has 1 aromatic heterocycles. The number of aliphatic carboxylic acids is 1. The van der Waals surface area contributed by atoms with Gasteiger partial charge in [-0.2, -0.15) is 0 Å². The van der Waals surface area contributed by atoms with Gasteiger partial charge in [0.25, 0.3) is 0 Å². The number of hydrogen-bond donors (Lipinski definition) is 1. The minimum Gasteiger partial charge on any atom is -0.471 e. The number of halogens is 2. The predicted molar refractivity (Wildman–Crippen MR) is 52.0 cm³/mol. The van der Waals surface area contributed by atoms with Crippen LogP contribution in [0.1, 0.15) is 0 Å².